The first-order valence-electron chi connectivity index (χ1n) is 7.40. The van der Waals surface area contributed by atoms with Crippen molar-refractivity contribution in [2.24, 2.45) is 5.73 Å². The van der Waals surface area contributed by atoms with Crippen LogP contribution in [0.4, 0.5) is 0 Å². The predicted octanol–water partition coefficient (Wildman–Crippen LogP) is 2.87. The average molecular weight is 313 g/mol. The molecule has 0 aliphatic heterocycles. The van der Waals surface area contributed by atoms with Crippen molar-refractivity contribution in [1.82, 2.24) is 4.90 Å². The van der Waals surface area contributed by atoms with Gasteiger partial charge in [-0.15, -0.1) is 0 Å². The number of nitrogens with zero attached hydrogens (tertiary/aromatic N) is 1. The Bertz CT molecular complexity index is 452. The van der Waals surface area contributed by atoms with E-state index >= 15 is 0 Å². The molecule has 21 heavy (non-hydrogen) atoms. The van der Waals surface area contributed by atoms with E-state index in [2.05, 4.69) is 11.8 Å². The van der Waals surface area contributed by atoms with Crippen molar-refractivity contribution < 1.29 is 9.53 Å². The monoisotopic (exact) mass is 312 g/mol. The molecule has 0 aromatic heterocycles. The third kappa shape index (κ3) is 6.82. The summed E-state index contributed by atoms with van der Waals surface area (Å²) in [7, 11) is 1.62. The van der Waals surface area contributed by atoms with Gasteiger partial charge in [-0.25, -0.2) is 0 Å². The van der Waals surface area contributed by atoms with Gasteiger partial charge >= 0.3 is 0 Å². The number of hydrogen-bond donors (Lipinski definition) is 1. The smallest absolute Gasteiger partial charge is 0.217 e. The fraction of sp³-hybridized carbons (Fsp3) is 0.562. The number of hydrogen-bond acceptors (Lipinski definition) is 3. The lowest BCUT2D eigenvalue weighted by Gasteiger charge is -2.21. The summed E-state index contributed by atoms with van der Waals surface area (Å²) in [6, 6.07) is 5.88. The highest BCUT2D eigenvalue weighted by Crippen LogP contribution is 2.25. The fourth-order valence-corrected chi connectivity index (χ4v) is 2.47. The van der Waals surface area contributed by atoms with Crippen LogP contribution in [0.25, 0.3) is 0 Å². The first-order chi connectivity index (χ1) is 10.1. The third-order valence-electron chi connectivity index (χ3n) is 3.37. The lowest BCUT2D eigenvalue weighted by Crippen LogP contribution is -2.29. The van der Waals surface area contributed by atoms with E-state index in [1.807, 2.05) is 18.2 Å². The number of primary amides is 1. The number of carbonyl (C=O) groups is 1. The molecule has 118 valence electrons. The molecule has 0 radical (unpaired) electrons. The van der Waals surface area contributed by atoms with Crippen molar-refractivity contribution in [3.05, 3.63) is 28.8 Å². The standard InChI is InChI=1S/C16H25ClN2O2/c1-3-9-19(10-4-5-16(18)20)11-8-13-6-7-14(17)15(12-13)21-2/h6-7,12H,3-5,8-11H2,1-2H3,(H2,18,20). The lowest BCUT2D eigenvalue weighted by atomic mass is 10.1. The van der Waals surface area contributed by atoms with Crippen LogP contribution < -0.4 is 10.5 Å². The van der Waals surface area contributed by atoms with Crippen LogP contribution in [0.15, 0.2) is 18.2 Å². The first kappa shape index (κ1) is 17.8. The minimum Gasteiger partial charge on any atom is -0.495 e. The Hall–Kier alpha value is -1.26. The highest BCUT2D eigenvalue weighted by Gasteiger charge is 2.07. The molecule has 0 spiro atoms. The molecule has 4 nitrogen and oxygen atoms in total. The van der Waals surface area contributed by atoms with Gasteiger partial charge < -0.3 is 15.4 Å². The minimum absolute atomic E-state index is 0.228. The number of halogens is 1. The normalized spacial score (nSPS) is 10.9. The number of amides is 1. The van der Waals surface area contributed by atoms with Crippen molar-refractivity contribution in [3.8, 4) is 5.75 Å². The van der Waals surface area contributed by atoms with Crippen LogP contribution in [0.5, 0.6) is 5.75 Å². The van der Waals surface area contributed by atoms with E-state index < -0.39 is 0 Å². The molecule has 0 saturated heterocycles. The first-order valence-corrected chi connectivity index (χ1v) is 7.77. The quantitative estimate of drug-likeness (QED) is 0.723. The summed E-state index contributed by atoms with van der Waals surface area (Å²) in [4.78, 5) is 13.2. The van der Waals surface area contributed by atoms with Gasteiger partial charge in [0.25, 0.3) is 0 Å². The van der Waals surface area contributed by atoms with Crippen LogP contribution in [0, 0.1) is 0 Å². The molecular weight excluding hydrogens is 288 g/mol. The van der Waals surface area contributed by atoms with Crippen molar-refractivity contribution >= 4 is 17.5 Å². The van der Waals surface area contributed by atoms with Gasteiger partial charge in [0.15, 0.2) is 0 Å². The summed E-state index contributed by atoms with van der Waals surface area (Å²) >= 11 is 6.03. The summed E-state index contributed by atoms with van der Waals surface area (Å²) in [5.41, 5.74) is 6.38. The lowest BCUT2D eigenvalue weighted by molar-refractivity contribution is -0.118. The van der Waals surface area contributed by atoms with Crippen LogP contribution in [0.1, 0.15) is 31.7 Å². The number of carbonyl (C=O) groups excluding carboxylic acids is 1. The van der Waals surface area contributed by atoms with Crippen LogP contribution in [-0.2, 0) is 11.2 Å². The van der Waals surface area contributed by atoms with Crippen LogP contribution in [0.3, 0.4) is 0 Å². The Morgan fingerprint density at radius 2 is 2.10 bits per heavy atom. The topological polar surface area (TPSA) is 55.6 Å². The Labute approximate surface area is 132 Å². The maximum Gasteiger partial charge on any atom is 0.217 e. The highest BCUT2D eigenvalue weighted by molar-refractivity contribution is 6.32. The van der Waals surface area contributed by atoms with Crippen molar-refractivity contribution in [2.75, 3.05) is 26.7 Å². The Kier molecular flexibility index (Phi) is 8.16. The number of ether oxygens (including phenoxy) is 1. The van der Waals surface area contributed by atoms with Crippen LogP contribution in [-0.4, -0.2) is 37.6 Å². The SMILES string of the molecule is CCCN(CCCC(N)=O)CCc1ccc(Cl)c(OC)c1. The molecule has 1 aromatic carbocycles. The van der Waals surface area contributed by atoms with E-state index in [0.717, 1.165) is 38.9 Å². The molecule has 2 N–H and O–H groups in total. The Balaban J connectivity index is 2.50. The molecule has 0 unspecified atom stereocenters. The van der Waals surface area contributed by atoms with Gasteiger partial charge in [-0.05, 0) is 50.0 Å². The fourth-order valence-electron chi connectivity index (χ4n) is 2.28. The maximum absolute atomic E-state index is 10.8. The largest absolute Gasteiger partial charge is 0.495 e. The number of benzene rings is 1. The maximum atomic E-state index is 10.8. The van der Waals surface area contributed by atoms with Crippen molar-refractivity contribution in [2.45, 2.75) is 32.6 Å². The van der Waals surface area contributed by atoms with Gasteiger partial charge in [-0.1, -0.05) is 24.6 Å². The van der Waals surface area contributed by atoms with E-state index in [1.165, 1.54) is 5.56 Å². The van der Waals surface area contributed by atoms with Crippen LogP contribution in [0.2, 0.25) is 5.02 Å². The zero-order valence-electron chi connectivity index (χ0n) is 12.9. The number of nitrogens with two attached hydrogens (primary N) is 1. The van der Waals surface area contributed by atoms with E-state index in [1.54, 1.807) is 7.11 Å². The molecule has 0 aliphatic rings. The highest BCUT2D eigenvalue weighted by atomic mass is 35.5. The molecule has 1 amide bonds. The third-order valence-corrected chi connectivity index (χ3v) is 3.68. The molecule has 0 bridgehead atoms. The van der Waals surface area contributed by atoms with Gasteiger partial charge in [0.1, 0.15) is 5.75 Å². The predicted molar refractivity (Wildman–Crippen MR) is 86.9 cm³/mol. The minimum atomic E-state index is -0.228. The zero-order chi connectivity index (χ0) is 15.7. The molecule has 0 fully saturated rings. The second-order valence-corrected chi connectivity index (χ2v) is 5.54. The second-order valence-electron chi connectivity index (χ2n) is 5.13. The van der Waals surface area contributed by atoms with Gasteiger partial charge in [0.05, 0.1) is 12.1 Å². The molecule has 0 heterocycles. The van der Waals surface area contributed by atoms with Gasteiger partial charge in [-0.3, -0.25) is 4.79 Å². The Morgan fingerprint density at radius 3 is 2.71 bits per heavy atom. The number of methoxy groups -OCH3 is 1. The molecule has 1 aromatic rings. The van der Waals surface area contributed by atoms with Gasteiger partial charge in [0, 0.05) is 13.0 Å². The van der Waals surface area contributed by atoms with Crippen molar-refractivity contribution in [1.29, 1.82) is 0 Å². The van der Waals surface area contributed by atoms with Crippen LogP contribution >= 0.6 is 11.6 Å². The summed E-state index contributed by atoms with van der Waals surface area (Å²) < 4.78 is 5.23. The molecule has 0 atom stereocenters. The van der Waals surface area contributed by atoms with E-state index in [-0.39, 0.29) is 5.91 Å². The van der Waals surface area contributed by atoms with E-state index in [4.69, 9.17) is 22.1 Å². The van der Waals surface area contributed by atoms with Crippen molar-refractivity contribution in [3.63, 3.8) is 0 Å². The molecule has 0 saturated carbocycles. The number of rotatable bonds is 10. The molecule has 5 heteroatoms. The average Bonchev–Trinajstić information content (AvgIpc) is 2.45. The van der Waals surface area contributed by atoms with Gasteiger partial charge in [-0.2, -0.15) is 0 Å². The van der Waals surface area contributed by atoms with E-state index in [9.17, 15) is 4.79 Å². The zero-order valence-corrected chi connectivity index (χ0v) is 13.7. The summed E-state index contributed by atoms with van der Waals surface area (Å²) in [6.07, 6.45) is 3.30. The summed E-state index contributed by atoms with van der Waals surface area (Å²) in [5, 5.41) is 0.633. The summed E-state index contributed by atoms with van der Waals surface area (Å²) in [6.45, 7) is 5.05. The molecule has 1 rings (SSSR count). The molecule has 0 aliphatic carbocycles. The van der Waals surface area contributed by atoms with E-state index in [0.29, 0.717) is 17.2 Å². The van der Waals surface area contributed by atoms with Gasteiger partial charge in [0.2, 0.25) is 5.91 Å². The second kappa shape index (κ2) is 9.64. The molecular formula is C16H25ClN2O2. The summed E-state index contributed by atoms with van der Waals surface area (Å²) in [5.74, 6) is 0.485. The Morgan fingerprint density at radius 1 is 1.33 bits per heavy atom.